The lowest BCUT2D eigenvalue weighted by Crippen LogP contribution is -2.32. The topological polar surface area (TPSA) is 37.4 Å². The SMILES string of the molecule is CN(Cc1ccc(Cl)c(Cl)c1)[C@@H]1CCS(=O)(=O)C1. The third-order valence-electron chi connectivity index (χ3n) is 3.25. The van der Waals surface area contributed by atoms with Crippen molar-refractivity contribution >= 4 is 33.0 Å². The number of sulfone groups is 1. The zero-order valence-electron chi connectivity index (χ0n) is 10.1. The van der Waals surface area contributed by atoms with E-state index >= 15 is 0 Å². The van der Waals surface area contributed by atoms with Crippen LogP contribution in [0.1, 0.15) is 12.0 Å². The van der Waals surface area contributed by atoms with Crippen molar-refractivity contribution in [2.45, 2.75) is 19.0 Å². The lowest BCUT2D eigenvalue weighted by Gasteiger charge is -2.23. The molecule has 1 fully saturated rings. The van der Waals surface area contributed by atoms with Crippen molar-refractivity contribution in [3.8, 4) is 0 Å². The molecule has 6 heteroatoms. The van der Waals surface area contributed by atoms with Crippen LogP contribution in [0.3, 0.4) is 0 Å². The minimum absolute atomic E-state index is 0.101. The van der Waals surface area contributed by atoms with Gasteiger partial charge < -0.3 is 0 Å². The molecule has 0 radical (unpaired) electrons. The van der Waals surface area contributed by atoms with Gasteiger partial charge in [-0.3, -0.25) is 4.90 Å². The molecule has 1 aliphatic heterocycles. The van der Waals surface area contributed by atoms with Gasteiger partial charge >= 0.3 is 0 Å². The number of rotatable bonds is 3. The number of benzene rings is 1. The minimum atomic E-state index is -2.84. The van der Waals surface area contributed by atoms with Crippen LogP contribution in [0.15, 0.2) is 18.2 Å². The van der Waals surface area contributed by atoms with E-state index in [1.165, 1.54) is 0 Å². The Balaban J connectivity index is 2.03. The molecule has 0 amide bonds. The summed E-state index contributed by atoms with van der Waals surface area (Å²) in [6.45, 7) is 0.678. The van der Waals surface area contributed by atoms with E-state index in [4.69, 9.17) is 23.2 Å². The number of hydrogen-bond donors (Lipinski definition) is 0. The van der Waals surface area contributed by atoms with Gasteiger partial charge in [0.1, 0.15) is 0 Å². The molecule has 1 aliphatic rings. The Morgan fingerprint density at radius 3 is 2.61 bits per heavy atom. The van der Waals surface area contributed by atoms with Gasteiger partial charge in [0.25, 0.3) is 0 Å². The lowest BCUT2D eigenvalue weighted by atomic mass is 10.1. The standard InChI is InChI=1S/C12H15Cl2NO2S/c1-15(10-4-5-18(16,17)8-10)7-9-2-3-11(13)12(14)6-9/h2-3,6,10H,4-5,7-8H2,1H3/t10-/m1/s1. The molecule has 100 valence electrons. The highest BCUT2D eigenvalue weighted by Gasteiger charge is 2.30. The van der Waals surface area contributed by atoms with Crippen molar-refractivity contribution in [3.05, 3.63) is 33.8 Å². The Bertz CT molecular complexity index is 545. The van der Waals surface area contributed by atoms with Crippen LogP contribution < -0.4 is 0 Å². The summed E-state index contributed by atoms with van der Waals surface area (Å²) < 4.78 is 22.9. The van der Waals surface area contributed by atoms with Crippen LogP contribution in [0.4, 0.5) is 0 Å². The van der Waals surface area contributed by atoms with Gasteiger partial charge in [-0.15, -0.1) is 0 Å². The fourth-order valence-corrected chi connectivity index (χ4v) is 4.30. The van der Waals surface area contributed by atoms with E-state index in [1.54, 1.807) is 6.07 Å². The van der Waals surface area contributed by atoms with E-state index in [2.05, 4.69) is 4.90 Å². The van der Waals surface area contributed by atoms with Crippen molar-refractivity contribution in [3.63, 3.8) is 0 Å². The van der Waals surface area contributed by atoms with E-state index in [0.29, 0.717) is 28.8 Å². The Kier molecular flexibility index (Phi) is 4.22. The largest absolute Gasteiger partial charge is 0.298 e. The highest BCUT2D eigenvalue weighted by atomic mass is 35.5. The molecule has 2 rings (SSSR count). The summed E-state index contributed by atoms with van der Waals surface area (Å²) in [5.41, 5.74) is 1.04. The zero-order valence-corrected chi connectivity index (χ0v) is 12.4. The summed E-state index contributed by atoms with van der Waals surface area (Å²) in [7, 11) is -0.898. The van der Waals surface area contributed by atoms with Crippen LogP contribution in [-0.2, 0) is 16.4 Å². The second-order valence-electron chi connectivity index (χ2n) is 4.72. The average Bonchev–Trinajstić information content (AvgIpc) is 2.64. The monoisotopic (exact) mass is 307 g/mol. The maximum Gasteiger partial charge on any atom is 0.151 e. The van der Waals surface area contributed by atoms with E-state index < -0.39 is 9.84 Å². The van der Waals surface area contributed by atoms with Gasteiger partial charge in [0.2, 0.25) is 0 Å². The summed E-state index contributed by atoms with van der Waals surface area (Å²) >= 11 is 11.8. The van der Waals surface area contributed by atoms with Crippen molar-refractivity contribution in [1.82, 2.24) is 4.90 Å². The van der Waals surface area contributed by atoms with Gasteiger partial charge in [0, 0.05) is 12.6 Å². The first-order chi connectivity index (χ1) is 8.37. The zero-order chi connectivity index (χ0) is 13.3. The summed E-state index contributed by atoms with van der Waals surface area (Å²) in [4.78, 5) is 2.06. The highest BCUT2D eigenvalue weighted by molar-refractivity contribution is 7.91. The van der Waals surface area contributed by atoms with Gasteiger partial charge in [-0.05, 0) is 31.2 Å². The fraction of sp³-hybridized carbons (Fsp3) is 0.500. The molecular formula is C12H15Cl2NO2S. The van der Waals surface area contributed by atoms with E-state index in [9.17, 15) is 8.42 Å². The predicted molar refractivity (Wildman–Crippen MR) is 75.0 cm³/mol. The Labute approximate surface area is 118 Å². The Hall–Kier alpha value is -0.290. The van der Waals surface area contributed by atoms with Crippen molar-refractivity contribution in [2.24, 2.45) is 0 Å². The summed E-state index contributed by atoms with van der Waals surface area (Å²) in [5, 5.41) is 1.06. The molecule has 1 aromatic rings. The number of hydrogen-bond acceptors (Lipinski definition) is 3. The highest BCUT2D eigenvalue weighted by Crippen LogP contribution is 2.24. The fourth-order valence-electron chi connectivity index (χ4n) is 2.18. The minimum Gasteiger partial charge on any atom is -0.298 e. The van der Waals surface area contributed by atoms with Gasteiger partial charge in [0.15, 0.2) is 9.84 Å². The van der Waals surface area contributed by atoms with E-state index in [-0.39, 0.29) is 11.8 Å². The van der Waals surface area contributed by atoms with E-state index in [0.717, 1.165) is 5.56 Å². The van der Waals surface area contributed by atoms with Crippen LogP contribution in [0.2, 0.25) is 10.0 Å². The molecule has 1 heterocycles. The Morgan fingerprint density at radius 1 is 1.33 bits per heavy atom. The molecule has 1 saturated heterocycles. The maximum atomic E-state index is 11.4. The lowest BCUT2D eigenvalue weighted by molar-refractivity contribution is 0.254. The molecule has 0 aromatic heterocycles. The van der Waals surface area contributed by atoms with Gasteiger partial charge in [-0.25, -0.2) is 8.42 Å². The van der Waals surface area contributed by atoms with E-state index in [1.807, 2.05) is 19.2 Å². The second-order valence-corrected chi connectivity index (χ2v) is 7.76. The molecular weight excluding hydrogens is 293 g/mol. The molecule has 1 atom stereocenters. The van der Waals surface area contributed by atoms with Gasteiger partial charge in [0.05, 0.1) is 21.6 Å². The summed E-state index contributed by atoms with van der Waals surface area (Å²) in [6, 6.07) is 5.60. The first-order valence-electron chi connectivity index (χ1n) is 5.72. The molecule has 0 aliphatic carbocycles. The normalized spacial score (nSPS) is 22.6. The van der Waals surface area contributed by atoms with Crippen molar-refractivity contribution in [1.29, 1.82) is 0 Å². The van der Waals surface area contributed by atoms with Crippen molar-refractivity contribution < 1.29 is 8.42 Å². The number of halogens is 2. The summed E-state index contributed by atoms with van der Waals surface area (Å²) in [5.74, 6) is 0.550. The smallest absolute Gasteiger partial charge is 0.151 e. The first-order valence-corrected chi connectivity index (χ1v) is 8.30. The summed E-state index contributed by atoms with van der Waals surface area (Å²) in [6.07, 6.45) is 0.708. The van der Waals surface area contributed by atoms with Crippen LogP contribution in [0.25, 0.3) is 0 Å². The van der Waals surface area contributed by atoms with Crippen molar-refractivity contribution in [2.75, 3.05) is 18.6 Å². The van der Waals surface area contributed by atoms with Crippen LogP contribution in [-0.4, -0.2) is 37.9 Å². The second kappa shape index (κ2) is 5.37. The third kappa shape index (κ3) is 3.38. The molecule has 0 N–H and O–H groups in total. The molecule has 0 bridgehead atoms. The third-order valence-corrected chi connectivity index (χ3v) is 5.74. The molecule has 18 heavy (non-hydrogen) atoms. The van der Waals surface area contributed by atoms with Gasteiger partial charge in [-0.2, -0.15) is 0 Å². The predicted octanol–water partition coefficient (Wildman–Crippen LogP) is 2.61. The Morgan fingerprint density at radius 2 is 2.06 bits per heavy atom. The molecule has 0 spiro atoms. The molecule has 0 unspecified atom stereocenters. The average molecular weight is 308 g/mol. The first kappa shape index (κ1) is 14.1. The molecule has 3 nitrogen and oxygen atoms in total. The quantitative estimate of drug-likeness (QED) is 0.861. The number of nitrogens with zero attached hydrogens (tertiary/aromatic N) is 1. The van der Waals surface area contributed by atoms with Gasteiger partial charge in [-0.1, -0.05) is 29.3 Å². The maximum absolute atomic E-state index is 11.4. The van der Waals surface area contributed by atoms with Crippen LogP contribution in [0.5, 0.6) is 0 Å². The van der Waals surface area contributed by atoms with Crippen LogP contribution in [0, 0.1) is 0 Å². The molecule has 1 aromatic carbocycles. The molecule has 0 saturated carbocycles. The van der Waals surface area contributed by atoms with Crippen LogP contribution >= 0.6 is 23.2 Å².